The molecule has 0 spiro atoms. The van der Waals surface area contributed by atoms with Crippen LogP contribution in [0.2, 0.25) is 0 Å². The summed E-state index contributed by atoms with van der Waals surface area (Å²) in [6.45, 7) is 10.6. The molecule has 0 aliphatic rings. The van der Waals surface area contributed by atoms with E-state index in [0.717, 1.165) is 21.6 Å². The van der Waals surface area contributed by atoms with E-state index in [0.29, 0.717) is 17.4 Å². The zero-order chi connectivity index (χ0) is 21.4. The Bertz CT molecular complexity index is 1170. The third-order valence-corrected chi connectivity index (χ3v) is 6.19. The zero-order valence-electron chi connectivity index (χ0n) is 17.9. The monoisotopic (exact) mass is 419 g/mol. The maximum absolute atomic E-state index is 13.5. The maximum Gasteiger partial charge on any atom is 0.280 e. The lowest BCUT2D eigenvalue weighted by Gasteiger charge is -2.18. The Labute approximate surface area is 180 Å². The molecule has 0 aliphatic carbocycles. The van der Waals surface area contributed by atoms with Crippen LogP contribution in [0.15, 0.2) is 42.6 Å². The van der Waals surface area contributed by atoms with E-state index in [1.165, 1.54) is 22.5 Å². The summed E-state index contributed by atoms with van der Waals surface area (Å²) >= 11 is 1.52. The molecule has 0 radical (unpaired) electrons. The molecule has 3 heterocycles. The fourth-order valence-electron chi connectivity index (χ4n) is 3.42. The fraction of sp³-hybridized carbons (Fsp3) is 0.304. The van der Waals surface area contributed by atoms with Gasteiger partial charge in [0.05, 0.1) is 22.5 Å². The first kappa shape index (κ1) is 20.2. The average Bonchev–Trinajstić information content (AvgIpc) is 3.30. The summed E-state index contributed by atoms with van der Waals surface area (Å²) in [7, 11) is 0. The number of pyridine rings is 1. The number of rotatable bonds is 5. The smallest absolute Gasteiger partial charge is 0.276 e. The molecule has 0 saturated carbocycles. The Morgan fingerprint density at radius 3 is 2.57 bits per heavy atom. The van der Waals surface area contributed by atoms with Crippen LogP contribution in [0.5, 0.6) is 0 Å². The van der Waals surface area contributed by atoms with Gasteiger partial charge < -0.3 is 0 Å². The molecule has 6 nitrogen and oxygen atoms in total. The molecule has 0 bridgehead atoms. The minimum Gasteiger partial charge on any atom is -0.276 e. The van der Waals surface area contributed by atoms with E-state index in [-0.39, 0.29) is 11.9 Å². The average molecular weight is 420 g/mol. The molecule has 0 aliphatic heterocycles. The lowest BCUT2D eigenvalue weighted by molar-refractivity contribution is 0.0979. The van der Waals surface area contributed by atoms with Crippen LogP contribution < -0.4 is 4.90 Å². The second-order valence-corrected chi connectivity index (χ2v) is 8.83. The van der Waals surface area contributed by atoms with Crippen molar-refractivity contribution in [3.8, 4) is 0 Å². The first-order valence-corrected chi connectivity index (χ1v) is 10.8. The van der Waals surface area contributed by atoms with Gasteiger partial charge in [-0.2, -0.15) is 5.10 Å². The van der Waals surface area contributed by atoms with E-state index in [1.54, 1.807) is 11.1 Å². The molecule has 1 aromatic carbocycles. The normalized spacial score (nSPS) is 11.4. The van der Waals surface area contributed by atoms with Gasteiger partial charge in [0.25, 0.3) is 5.91 Å². The Kier molecular flexibility index (Phi) is 5.39. The minimum atomic E-state index is -0.171. The molecule has 0 atom stereocenters. The number of benzene rings is 1. The van der Waals surface area contributed by atoms with Gasteiger partial charge in [-0.15, -0.1) is 0 Å². The highest BCUT2D eigenvalue weighted by molar-refractivity contribution is 7.22. The number of anilines is 1. The summed E-state index contributed by atoms with van der Waals surface area (Å²) in [6, 6.07) is 11.9. The summed E-state index contributed by atoms with van der Waals surface area (Å²) in [5.74, 6) is -0.171. The number of aromatic nitrogens is 4. The summed E-state index contributed by atoms with van der Waals surface area (Å²) in [6.07, 6.45) is 1.74. The largest absolute Gasteiger partial charge is 0.280 e. The predicted molar refractivity (Wildman–Crippen MR) is 121 cm³/mol. The first-order chi connectivity index (χ1) is 14.3. The molecule has 3 aromatic heterocycles. The number of thiazole rings is 1. The molecule has 1 amide bonds. The molecule has 0 saturated heterocycles. The van der Waals surface area contributed by atoms with E-state index in [1.807, 2.05) is 35.9 Å². The molecule has 0 unspecified atom stereocenters. The van der Waals surface area contributed by atoms with Crippen LogP contribution in [0.3, 0.4) is 0 Å². The second kappa shape index (κ2) is 7.99. The molecule has 4 aromatic rings. The molecule has 154 valence electrons. The van der Waals surface area contributed by atoms with Crippen molar-refractivity contribution in [2.24, 2.45) is 0 Å². The summed E-state index contributed by atoms with van der Waals surface area (Å²) in [4.78, 5) is 24.4. The SMILES string of the molecule is Cc1cc2nc(N(Cc3ccccn3)C(=O)c3cc(C)n(C(C)C)n3)sc2cc1C. The first-order valence-electron chi connectivity index (χ1n) is 9.99. The van der Waals surface area contributed by atoms with Gasteiger partial charge in [0, 0.05) is 17.9 Å². The van der Waals surface area contributed by atoms with E-state index < -0.39 is 0 Å². The highest BCUT2D eigenvalue weighted by atomic mass is 32.1. The van der Waals surface area contributed by atoms with Gasteiger partial charge in [-0.1, -0.05) is 17.4 Å². The molecule has 30 heavy (non-hydrogen) atoms. The van der Waals surface area contributed by atoms with Crippen LogP contribution in [0, 0.1) is 20.8 Å². The van der Waals surface area contributed by atoms with Crippen LogP contribution >= 0.6 is 11.3 Å². The Balaban J connectivity index is 1.78. The standard InChI is InChI=1S/C23H25N5OS/c1-14(2)28-17(5)12-20(26-28)22(29)27(13-18-8-6-7-9-24-18)23-25-19-10-15(3)16(4)11-21(19)30-23/h6-12,14H,13H2,1-5H3. The van der Waals surface area contributed by atoms with Gasteiger partial charge in [0.1, 0.15) is 0 Å². The fourth-order valence-corrected chi connectivity index (χ4v) is 4.46. The highest BCUT2D eigenvalue weighted by Gasteiger charge is 2.25. The van der Waals surface area contributed by atoms with E-state index >= 15 is 0 Å². The van der Waals surface area contributed by atoms with E-state index in [4.69, 9.17) is 4.98 Å². The van der Waals surface area contributed by atoms with E-state index in [9.17, 15) is 4.79 Å². The van der Waals surface area contributed by atoms with Crippen molar-refractivity contribution in [3.05, 3.63) is 70.8 Å². The van der Waals surface area contributed by atoms with Crippen LogP contribution in [0.4, 0.5) is 5.13 Å². The molecule has 4 rings (SSSR count). The number of hydrogen-bond acceptors (Lipinski definition) is 5. The van der Waals surface area contributed by atoms with Crippen molar-refractivity contribution in [1.29, 1.82) is 0 Å². The number of carbonyl (C=O) groups is 1. The number of amides is 1. The van der Waals surface area contributed by atoms with Gasteiger partial charge >= 0.3 is 0 Å². The predicted octanol–water partition coefficient (Wildman–Crippen LogP) is 5.24. The Morgan fingerprint density at radius 2 is 1.90 bits per heavy atom. The highest BCUT2D eigenvalue weighted by Crippen LogP contribution is 2.32. The lowest BCUT2D eigenvalue weighted by Crippen LogP contribution is -2.31. The molecule has 7 heteroatoms. The summed E-state index contributed by atoms with van der Waals surface area (Å²) < 4.78 is 2.94. The Morgan fingerprint density at radius 1 is 1.13 bits per heavy atom. The Hall–Kier alpha value is -3.06. The van der Waals surface area contributed by atoms with Crippen LogP contribution in [-0.2, 0) is 6.54 Å². The van der Waals surface area contributed by atoms with Gasteiger partial charge in [-0.05, 0) is 76.1 Å². The quantitative estimate of drug-likeness (QED) is 0.444. The number of nitrogens with zero attached hydrogens (tertiary/aromatic N) is 5. The second-order valence-electron chi connectivity index (χ2n) is 7.82. The number of hydrogen-bond donors (Lipinski definition) is 0. The zero-order valence-corrected chi connectivity index (χ0v) is 18.7. The maximum atomic E-state index is 13.5. The summed E-state index contributed by atoms with van der Waals surface area (Å²) in [5, 5.41) is 5.22. The van der Waals surface area contributed by atoms with Crippen LogP contribution in [-0.4, -0.2) is 25.7 Å². The van der Waals surface area contributed by atoms with Gasteiger partial charge in [0.2, 0.25) is 0 Å². The van der Waals surface area contributed by atoms with Gasteiger partial charge in [-0.3, -0.25) is 19.4 Å². The number of fused-ring (bicyclic) bond motifs is 1. The number of carbonyl (C=O) groups excluding carboxylic acids is 1. The van der Waals surface area contributed by atoms with Crippen molar-refractivity contribution in [2.45, 2.75) is 47.2 Å². The van der Waals surface area contributed by atoms with Gasteiger partial charge in [0.15, 0.2) is 10.8 Å². The van der Waals surface area contributed by atoms with Crippen molar-refractivity contribution in [2.75, 3.05) is 4.90 Å². The van der Waals surface area contributed by atoms with Crippen molar-refractivity contribution < 1.29 is 4.79 Å². The third-order valence-electron chi connectivity index (χ3n) is 5.15. The molecular weight excluding hydrogens is 394 g/mol. The van der Waals surface area contributed by atoms with Crippen molar-refractivity contribution >= 4 is 32.6 Å². The topological polar surface area (TPSA) is 63.9 Å². The van der Waals surface area contributed by atoms with Crippen molar-refractivity contribution in [1.82, 2.24) is 19.7 Å². The molecule has 0 fully saturated rings. The minimum absolute atomic E-state index is 0.171. The van der Waals surface area contributed by atoms with Crippen LogP contribution in [0.25, 0.3) is 10.2 Å². The summed E-state index contributed by atoms with van der Waals surface area (Å²) in [5.41, 5.74) is 5.49. The van der Waals surface area contributed by atoms with Gasteiger partial charge in [-0.25, -0.2) is 4.98 Å². The molecule has 0 N–H and O–H groups in total. The molecular formula is C23H25N5OS. The number of aryl methyl sites for hydroxylation is 3. The lowest BCUT2D eigenvalue weighted by atomic mass is 10.1. The van der Waals surface area contributed by atoms with Crippen molar-refractivity contribution in [3.63, 3.8) is 0 Å². The van der Waals surface area contributed by atoms with E-state index in [2.05, 4.69) is 49.9 Å². The van der Waals surface area contributed by atoms with Crippen LogP contribution in [0.1, 0.15) is 52.9 Å². The third kappa shape index (κ3) is 3.85.